The summed E-state index contributed by atoms with van der Waals surface area (Å²) in [6.45, 7) is 0. The molecule has 2 aromatic rings. The highest BCUT2D eigenvalue weighted by Crippen LogP contribution is 2.07. The second kappa shape index (κ2) is 7.68. The van der Waals surface area contributed by atoms with Gasteiger partial charge in [0.2, 0.25) is 0 Å². The zero-order chi connectivity index (χ0) is 15.8. The van der Waals surface area contributed by atoms with Crippen molar-refractivity contribution in [3.8, 4) is 0 Å². The maximum absolute atomic E-state index is 13.4. The van der Waals surface area contributed by atoms with Crippen molar-refractivity contribution in [3.05, 3.63) is 72.3 Å². The lowest BCUT2D eigenvalue weighted by molar-refractivity contribution is -0.117. The minimum absolute atomic E-state index is 0.0322. The molecule has 1 aromatic heterocycles. The molecule has 0 unspecified atom stereocenters. The number of pyridine rings is 1. The van der Waals surface area contributed by atoms with E-state index in [1.54, 1.807) is 30.5 Å². The van der Waals surface area contributed by atoms with Crippen LogP contribution in [0.25, 0.3) is 0 Å². The van der Waals surface area contributed by atoms with E-state index in [1.165, 1.54) is 24.4 Å². The molecule has 0 bridgehead atoms. The van der Waals surface area contributed by atoms with Gasteiger partial charge in [-0.05, 0) is 29.8 Å². The molecule has 0 atom stereocenters. The van der Waals surface area contributed by atoms with Crippen LogP contribution in [0.3, 0.4) is 0 Å². The van der Waals surface area contributed by atoms with Gasteiger partial charge in [0, 0.05) is 12.4 Å². The molecule has 22 heavy (non-hydrogen) atoms. The van der Waals surface area contributed by atoms with Gasteiger partial charge in [0.1, 0.15) is 17.5 Å². The van der Waals surface area contributed by atoms with Crippen molar-refractivity contribution in [2.24, 2.45) is 10.7 Å². The van der Waals surface area contributed by atoms with Gasteiger partial charge in [0.05, 0.1) is 6.42 Å². The van der Waals surface area contributed by atoms with Crippen LogP contribution in [0.15, 0.2) is 65.9 Å². The molecular formula is C16H15FN4O. The number of hydrogen-bond donors (Lipinski definition) is 2. The second-order valence-corrected chi connectivity index (χ2v) is 4.39. The number of aromatic nitrogens is 1. The fraction of sp³-hybridized carbons (Fsp3) is 0.0625. The lowest BCUT2D eigenvalue weighted by Crippen LogP contribution is -2.13. The smallest absolute Gasteiger partial charge is 0.252 e. The van der Waals surface area contributed by atoms with E-state index >= 15 is 0 Å². The third-order valence-corrected chi connectivity index (χ3v) is 2.70. The van der Waals surface area contributed by atoms with Crippen LogP contribution in [0.2, 0.25) is 0 Å². The quantitative estimate of drug-likeness (QED) is 0.655. The van der Waals surface area contributed by atoms with Crippen molar-refractivity contribution in [3.63, 3.8) is 0 Å². The van der Waals surface area contributed by atoms with Crippen LogP contribution in [0.5, 0.6) is 0 Å². The monoisotopic (exact) mass is 298 g/mol. The summed E-state index contributed by atoms with van der Waals surface area (Å²) in [4.78, 5) is 19.4. The number of amidine groups is 1. The summed E-state index contributed by atoms with van der Waals surface area (Å²) in [7, 11) is 0. The molecule has 0 saturated carbocycles. The fourth-order valence-electron chi connectivity index (χ4n) is 1.69. The lowest BCUT2D eigenvalue weighted by Gasteiger charge is -2.00. The minimum Gasteiger partial charge on any atom is -0.384 e. The molecule has 1 amide bonds. The average Bonchev–Trinajstić information content (AvgIpc) is 2.50. The second-order valence-electron chi connectivity index (χ2n) is 4.39. The number of amides is 1. The summed E-state index contributed by atoms with van der Waals surface area (Å²) in [6, 6.07) is 11.5. The number of nitrogens with one attached hydrogen (secondary N) is 1. The first-order valence-corrected chi connectivity index (χ1v) is 6.59. The first-order chi connectivity index (χ1) is 10.6. The number of benzene rings is 1. The summed E-state index contributed by atoms with van der Waals surface area (Å²) in [5.41, 5.74) is 5.91. The molecule has 0 saturated heterocycles. The van der Waals surface area contributed by atoms with Crippen molar-refractivity contribution in [1.82, 2.24) is 4.98 Å². The number of nitrogens with two attached hydrogens (primary N) is 1. The normalized spacial score (nSPS) is 11.6. The van der Waals surface area contributed by atoms with Crippen LogP contribution in [0.1, 0.15) is 5.56 Å². The molecule has 5 nitrogen and oxygen atoms in total. The molecule has 0 radical (unpaired) electrons. The van der Waals surface area contributed by atoms with E-state index in [-0.39, 0.29) is 12.3 Å². The highest BCUT2D eigenvalue weighted by molar-refractivity contribution is 6.00. The molecular weight excluding hydrogens is 283 g/mol. The van der Waals surface area contributed by atoms with E-state index in [4.69, 9.17) is 5.73 Å². The Labute approximate surface area is 127 Å². The van der Waals surface area contributed by atoms with Crippen molar-refractivity contribution in [2.45, 2.75) is 6.42 Å². The number of carbonyl (C=O) groups is 1. The number of carbonyl (C=O) groups excluding carboxylic acids is 1. The SMILES string of the molecule is NC(/C=C\Nc1ccccn1)=NC(=O)Cc1ccccc1F. The molecule has 3 N–H and O–H groups in total. The number of aliphatic imine (C=N–C) groups is 1. The molecule has 0 spiro atoms. The molecule has 2 rings (SSSR count). The summed E-state index contributed by atoms with van der Waals surface area (Å²) < 4.78 is 13.4. The van der Waals surface area contributed by atoms with Crippen LogP contribution >= 0.6 is 0 Å². The van der Waals surface area contributed by atoms with E-state index in [9.17, 15) is 9.18 Å². The van der Waals surface area contributed by atoms with Gasteiger partial charge in [-0.2, -0.15) is 4.99 Å². The van der Waals surface area contributed by atoms with Gasteiger partial charge in [0.25, 0.3) is 5.91 Å². The fourth-order valence-corrected chi connectivity index (χ4v) is 1.69. The number of halogens is 1. The summed E-state index contributed by atoms with van der Waals surface area (Å²) >= 11 is 0. The van der Waals surface area contributed by atoms with E-state index in [1.807, 2.05) is 6.07 Å². The van der Waals surface area contributed by atoms with E-state index < -0.39 is 11.7 Å². The highest BCUT2D eigenvalue weighted by atomic mass is 19.1. The maximum atomic E-state index is 13.4. The largest absolute Gasteiger partial charge is 0.384 e. The summed E-state index contributed by atoms with van der Waals surface area (Å²) in [6.07, 6.45) is 4.48. The summed E-state index contributed by atoms with van der Waals surface area (Å²) in [5.74, 6) is -0.268. The number of rotatable bonds is 5. The van der Waals surface area contributed by atoms with E-state index in [2.05, 4.69) is 15.3 Å². The predicted molar refractivity (Wildman–Crippen MR) is 83.7 cm³/mol. The number of anilines is 1. The Morgan fingerprint density at radius 1 is 1.27 bits per heavy atom. The molecule has 0 aliphatic rings. The molecule has 112 valence electrons. The van der Waals surface area contributed by atoms with Gasteiger partial charge in [-0.3, -0.25) is 4.79 Å². The van der Waals surface area contributed by atoms with Crippen molar-refractivity contribution >= 4 is 17.6 Å². The Balaban J connectivity index is 1.91. The topological polar surface area (TPSA) is 80.4 Å². The van der Waals surface area contributed by atoms with Crippen LogP contribution in [-0.2, 0) is 11.2 Å². The van der Waals surface area contributed by atoms with Crippen LogP contribution in [-0.4, -0.2) is 16.7 Å². The van der Waals surface area contributed by atoms with Gasteiger partial charge in [0.15, 0.2) is 0 Å². The zero-order valence-corrected chi connectivity index (χ0v) is 11.7. The number of nitrogens with zero attached hydrogens (tertiary/aromatic N) is 2. The van der Waals surface area contributed by atoms with Gasteiger partial charge >= 0.3 is 0 Å². The van der Waals surface area contributed by atoms with Crippen molar-refractivity contribution in [1.29, 1.82) is 0 Å². The Hall–Kier alpha value is -3.02. The van der Waals surface area contributed by atoms with Gasteiger partial charge < -0.3 is 11.1 Å². The molecule has 0 aliphatic heterocycles. The first-order valence-electron chi connectivity index (χ1n) is 6.59. The molecule has 1 aromatic carbocycles. The van der Waals surface area contributed by atoms with Gasteiger partial charge in [-0.1, -0.05) is 24.3 Å². The lowest BCUT2D eigenvalue weighted by atomic mass is 10.1. The average molecular weight is 298 g/mol. The van der Waals surface area contributed by atoms with Crippen LogP contribution in [0.4, 0.5) is 10.2 Å². The maximum Gasteiger partial charge on any atom is 0.252 e. The summed E-state index contributed by atoms with van der Waals surface area (Å²) in [5, 5.41) is 2.88. The Bertz CT molecular complexity index is 698. The Morgan fingerprint density at radius 3 is 2.77 bits per heavy atom. The third-order valence-electron chi connectivity index (χ3n) is 2.70. The van der Waals surface area contributed by atoms with E-state index in [0.717, 1.165) is 0 Å². The van der Waals surface area contributed by atoms with Crippen LogP contribution in [0, 0.1) is 5.82 Å². The van der Waals surface area contributed by atoms with Gasteiger partial charge in [-0.25, -0.2) is 9.37 Å². The molecule has 0 fully saturated rings. The third kappa shape index (κ3) is 4.82. The van der Waals surface area contributed by atoms with E-state index in [0.29, 0.717) is 11.4 Å². The van der Waals surface area contributed by atoms with Crippen molar-refractivity contribution in [2.75, 3.05) is 5.32 Å². The Kier molecular flexibility index (Phi) is 5.37. The first kappa shape index (κ1) is 15.4. The Morgan fingerprint density at radius 2 is 2.05 bits per heavy atom. The minimum atomic E-state index is -0.509. The highest BCUT2D eigenvalue weighted by Gasteiger charge is 2.06. The van der Waals surface area contributed by atoms with Gasteiger partial charge in [-0.15, -0.1) is 0 Å². The molecule has 1 heterocycles. The molecule has 0 aliphatic carbocycles. The number of hydrogen-bond acceptors (Lipinski definition) is 3. The predicted octanol–water partition coefficient (Wildman–Crippen LogP) is 2.27. The zero-order valence-electron chi connectivity index (χ0n) is 11.7. The molecule has 6 heteroatoms. The van der Waals surface area contributed by atoms with Crippen LogP contribution < -0.4 is 11.1 Å². The van der Waals surface area contributed by atoms with Crippen molar-refractivity contribution < 1.29 is 9.18 Å². The standard InChI is InChI=1S/C16H15FN4O/c17-13-6-2-1-5-12(13)11-16(22)21-14(18)8-10-20-15-7-3-4-9-19-15/h1-10H,11H2,(H,19,20)(H2,18,21,22)/b10-8-.